The van der Waals surface area contributed by atoms with Crippen molar-refractivity contribution < 1.29 is 14.4 Å². The van der Waals surface area contributed by atoms with Crippen LogP contribution in [0.1, 0.15) is 11.3 Å². The molecule has 1 aliphatic heterocycles. The van der Waals surface area contributed by atoms with Crippen LogP contribution in [0, 0.1) is 6.92 Å². The van der Waals surface area contributed by atoms with E-state index < -0.39 is 17.1 Å². The quantitative estimate of drug-likeness (QED) is 0.838. The molecule has 1 fully saturated rings. The maximum Gasteiger partial charge on any atom is 0.294 e. The molecule has 0 spiro atoms. The second-order valence-corrected chi connectivity index (χ2v) is 6.25. The van der Waals surface area contributed by atoms with Crippen LogP contribution in [0.15, 0.2) is 47.5 Å². The van der Waals surface area contributed by atoms with E-state index in [-0.39, 0.29) is 6.54 Å². The van der Waals surface area contributed by atoms with Gasteiger partial charge in [0.2, 0.25) is 5.91 Å². The normalized spacial score (nSPS) is 16.0. The fourth-order valence-corrected chi connectivity index (χ4v) is 3.09. The fraction of sp³-hybridized carbons (Fsp3) is 0.118. The highest BCUT2D eigenvalue weighted by Gasteiger charge is 2.36. The largest absolute Gasteiger partial charge is 0.362 e. The highest BCUT2D eigenvalue weighted by molar-refractivity contribution is 8.18. The van der Waals surface area contributed by atoms with E-state index in [1.165, 1.54) is 0 Å². The lowest BCUT2D eigenvalue weighted by atomic mass is 10.2. The number of anilines is 1. The van der Waals surface area contributed by atoms with Crippen LogP contribution in [-0.4, -0.2) is 33.5 Å². The number of amides is 3. The van der Waals surface area contributed by atoms with Gasteiger partial charge in [0.1, 0.15) is 6.54 Å². The number of imide groups is 1. The summed E-state index contributed by atoms with van der Waals surface area (Å²) in [4.78, 5) is 40.7. The molecular weight excluding hydrogens is 326 g/mol. The molecule has 3 rings (SSSR count). The number of nitrogens with zero attached hydrogens (tertiary/aromatic N) is 1. The van der Waals surface area contributed by atoms with Crippen molar-refractivity contribution in [3.8, 4) is 0 Å². The summed E-state index contributed by atoms with van der Waals surface area (Å²) in [7, 11) is 0. The molecule has 24 heavy (non-hydrogen) atoms. The fourth-order valence-electron chi connectivity index (χ4n) is 2.26. The van der Waals surface area contributed by atoms with Crippen molar-refractivity contribution in [2.24, 2.45) is 0 Å². The van der Waals surface area contributed by atoms with Crippen molar-refractivity contribution in [3.63, 3.8) is 0 Å². The number of thioether (sulfide) groups is 1. The molecule has 3 amide bonds. The first-order valence-corrected chi connectivity index (χ1v) is 8.10. The molecule has 122 valence electrons. The Bertz CT molecular complexity index is 827. The molecule has 1 aromatic carbocycles. The van der Waals surface area contributed by atoms with Gasteiger partial charge in [-0.3, -0.25) is 19.3 Å². The number of hydrogen-bond acceptors (Lipinski definition) is 4. The third kappa shape index (κ3) is 3.41. The monoisotopic (exact) mass is 341 g/mol. The maximum absolute atomic E-state index is 12.3. The SMILES string of the molecule is Cc1ccccc1NC(=O)CN1C(=O)S/C(=C/c2ccc[nH]2)C1=O. The molecule has 0 radical (unpaired) electrons. The Balaban J connectivity index is 1.69. The van der Waals surface area contributed by atoms with Crippen molar-refractivity contribution in [3.05, 3.63) is 58.8 Å². The molecule has 2 aromatic rings. The van der Waals surface area contributed by atoms with Crippen LogP contribution in [0.25, 0.3) is 6.08 Å². The molecule has 0 aliphatic carbocycles. The van der Waals surface area contributed by atoms with Gasteiger partial charge in [0, 0.05) is 17.6 Å². The van der Waals surface area contributed by atoms with Crippen molar-refractivity contribution in [2.75, 3.05) is 11.9 Å². The van der Waals surface area contributed by atoms with E-state index in [2.05, 4.69) is 10.3 Å². The lowest BCUT2D eigenvalue weighted by Gasteiger charge is -2.13. The van der Waals surface area contributed by atoms with Crippen molar-refractivity contribution in [2.45, 2.75) is 6.92 Å². The first-order chi connectivity index (χ1) is 11.5. The molecule has 0 unspecified atom stereocenters. The summed E-state index contributed by atoms with van der Waals surface area (Å²) in [5.41, 5.74) is 2.30. The number of carbonyl (C=O) groups is 3. The van der Waals surface area contributed by atoms with Gasteiger partial charge in [-0.15, -0.1) is 0 Å². The molecule has 7 heteroatoms. The van der Waals surface area contributed by atoms with Crippen molar-refractivity contribution >= 4 is 40.6 Å². The van der Waals surface area contributed by atoms with Crippen LogP contribution in [-0.2, 0) is 9.59 Å². The third-order valence-corrected chi connectivity index (χ3v) is 4.41. The Hall–Kier alpha value is -2.80. The number of aromatic amines is 1. The number of aryl methyl sites for hydroxylation is 1. The number of hydrogen-bond donors (Lipinski definition) is 2. The number of aromatic nitrogens is 1. The summed E-state index contributed by atoms with van der Waals surface area (Å²) in [5.74, 6) is -0.868. The van der Waals surface area contributed by atoms with Gasteiger partial charge < -0.3 is 10.3 Å². The van der Waals surface area contributed by atoms with Crippen molar-refractivity contribution in [1.82, 2.24) is 9.88 Å². The van der Waals surface area contributed by atoms with Crippen LogP contribution < -0.4 is 5.32 Å². The maximum atomic E-state index is 12.3. The zero-order chi connectivity index (χ0) is 17.1. The summed E-state index contributed by atoms with van der Waals surface area (Å²) >= 11 is 0.830. The summed E-state index contributed by atoms with van der Waals surface area (Å²) in [5, 5.41) is 2.27. The number of nitrogens with one attached hydrogen (secondary N) is 2. The zero-order valence-electron chi connectivity index (χ0n) is 12.9. The Morgan fingerprint density at radius 3 is 2.75 bits per heavy atom. The van der Waals surface area contributed by atoms with Gasteiger partial charge in [-0.05, 0) is 48.5 Å². The Labute approximate surface area is 142 Å². The Morgan fingerprint density at radius 1 is 1.25 bits per heavy atom. The van der Waals surface area contributed by atoms with E-state index in [0.717, 1.165) is 27.9 Å². The molecule has 2 heterocycles. The van der Waals surface area contributed by atoms with Gasteiger partial charge in [-0.1, -0.05) is 18.2 Å². The number of rotatable bonds is 4. The second kappa shape index (κ2) is 6.76. The molecule has 0 atom stereocenters. The van der Waals surface area contributed by atoms with E-state index in [9.17, 15) is 14.4 Å². The van der Waals surface area contributed by atoms with E-state index in [4.69, 9.17) is 0 Å². The molecular formula is C17H15N3O3S. The first-order valence-electron chi connectivity index (χ1n) is 7.29. The second-order valence-electron chi connectivity index (χ2n) is 5.26. The van der Waals surface area contributed by atoms with Gasteiger partial charge in [-0.25, -0.2) is 0 Å². The number of para-hydroxylation sites is 1. The van der Waals surface area contributed by atoms with Crippen LogP contribution in [0.2, 0.25) is 0 Å². The molecule has 6 nitrogen and oxygen atoms in total. The number of benzene rings is 1. The highest BCUT2D eigenvalue weighted by atomic mass is 32.2. The van der Waals surface area contributed by atoms with E-state index in [0.29, 0.717) is 10.6 Å². The minimum atomic E-state index is -0.459. The molecule has 0 saturated carbocycles. The zero-order valence-corrected chi connectivity index (χ0v) is 13.7. The lowest BCUT2D eigenvalue weighted by molar-refractivity contribution is -0.127. The molecule has 2 N–H and O–H groups in total. The third-order valence-electron chi connectivity index (χ3n) is 3.50. The molecule has 0 bridgehead atoms. The standard InChI is InChI=1S/C17H15N3O3S/c1-11-5-2-3-7-13(11)19-15(21)10-20-16(22)14(24-17(20)23)9-12-6-4-8-18-12/h2-9,18H,10H2,1H3,(H,19,21)/b14-9+. The number of carbonyl (C=O) groups excluding carboxylic acids is 3. The molecule has 1 saturated heterocycles. The summed E-state index contributed by atoms with van der Waals surface area (Å²) in [6.45, 7) is 1.57. The summed E-state index contributed by atoms with van der Waals surface area (Å²) in [6, 6.07) is 10.9. The summed E-state index contributed by atoms with van der Waals surface area (Å²) < 4.78 is 0. The minimum Gasteiger partial charge on any atom is -0.362 e. The van der Waals surface area contributed by atoms with Gasteiger partial charge in [-0.2, -0.15) is 0 Å². The Kier molecular flexibility index (Phi) is 4.52. The summed E-state index contributed by atoms with van der Waals surface area (Å²) in [6.07, 6.45) is 3.33. The Morgan fingerprint density at radius 2 is 2.04 bits per heavy atom. The van der Waals surface area contributed by atoms with E-state index >= 15 is 0 Å². The van der Waals surface area contributed by atoms with Crippen LogP contribution in [0.4, 0.5) is 10.5 Å². The van der Waals surface area contributed by atoms with Gasteiger partial charge in [0.15, 0.2) is 0 Å². The van der Waals surface area contributed by atoms with Gasteiger partial charge >= 0.3 is 0 Å². The van der Waals surface area contributed by atoms with Crippen LogP contribution in [0.5, 0.6) is 0 Å². The first kappa shape index (κ1) is 16.1. The molecule has 1 aliphatic rings. The smallest absolute Gasteiger partial charge is 0.294 e. The highest BCUT2D eigenvalue weighted by Crippen LogP contribution is 2.31. The van der Waals surface area contributed by atoms with Crippen molar-refractivity contribution in [1.29, 1.82) is 0 Å². The van der Waals surface area contributed by atoms with Crippen LogP contribution >= 0.6 is 11.8 Å². The van der Waals surface area contributed by atoms with E-state index in [1.54, 1.807) is 30.5 Å². The predicted molar refractivity (Wildman–Crippen MR) is 93.3 cm³/mol. The van der Waals surface area contributed by atoms with Gasteiger partial charge in [0.25, 0.3) is 11.1 Å². The van der Waals surface area contributed by atoms with E-state index in [1.807, 2.05) is 25.1 Å². The lowest BCUT2D eigenvalue weighted by Crippen LogP contribution is -2.36. The molecule has 1 aromatic heterocycles. The number of H-pyrrole nitrogens is 1. The van der Waals surface area contributed by atoms with Gasteiger partial charge in [0.05, 0.1) is 4.91 Å². The average molecular weight is 341 g/mol. The average Bonchev–Trinajstić information content (AvgIpc) is 3.14. The minimum absolute atomic E-state index is 0.297. The van der Waals surface area contributed by atoms with Crippen LogP contribution in [0.3, 0.4) is 0 Å². The predicted octanol–water partition coefficient (Wildman–Crippen LogP) is 3.00. The topological polar surface area (TPSA) is 82.3 Å².